The van der Waals surface area contributed by atoms with Gasteiger partial charge in [0.15, 0.2) is 0 Å². The van der Waals surface area contributed by atoms with Crippen molar-refractivity contribution in [3.63, 3.8) is 0 Å². The second-order valence-electron chi connectivity index (χ2n) is 8.67. The first kappa shape index (κ1) is 22.1. The van der Waals surface area contributed by atoms with Crippen molar-refractivity contribution >= 4 is 40.9 Å². The van der Waals surface area contributed by atoms with Crippen LogP contribution in [0.25, 0.3) is 6.08 Å². The van der Waals surface area contributed by atoms with Crippen molar-refractivity contribution in [3.05, 3.63) is 148 Å². The minimum atomic E-state index is -0.452. The molecule has 1 atom stereocenters. The predicted molar refractivity (Wildman–Crippen MR) is 143 cm³/mol. The molecule has 2 heterocycles. The first-order chi connectivity index (χ1) is 17.6. The molecule has 0 unspecified atom stereocenters. The fourth-order valence-electron chi connectivity index (χ4n) is 4.93. The highest BCUT2D eigenvalue weighted by atomic mass is 35.5. The maximum Gasteiger partial charge on any atom is 0.276 e. The third-order valence-corrected chi connectivity index (χ3v) is 6.75. The number of hydrogen-bond donors (Lipinski definition) is 0. The van der Waals surface area contributed by atoms with E-state index in [9.17, 15) is 9.59 Å². The molecule has 36 heavy (non-hydrogen) atoms. The number of carbonyl (C=O) groups excluding carboxylic acids is 2. The number of anilines is 2. The molecule has 174 valence electrons. The molecule has 0 bridgehead atoms. The van der Waals surface area contributed by atoms with Crippen LogP contribution in [0.4, 0.5) is 11.4 Å². The standard InChI is InChI=1S/C31H21ClN2O2/c32-23-18-16-21(17-19-23)20-26-27-28(22-10-4-1-5-11-22)33(24-12-6-2-7-13-24)31(36)29(27)34(30(26)35)25-14-8-3-9-15-25/h1-20,28H/t28-/m0/s1. The Kier molecular flexibility index (Phi) is 5.51. The maximum atomic E-state index is 14.2. The van der Waals surface area contributed by atoms with Crippen LogP contribution in [0.3, 0.4) is 0 Å². The molecule has 2 aliphatic rings. The monoisotopic (exact) mass is 488 g/mol. The average Bonchev–Trinajstić information content (AvgIpc) is 3.37. The molecule has 0 saturated heterocycles. The number of rotatable bonds is 4. The summed E-state index contributed by atoms with van der Waals surface area (Å²) < 4.78 is 0. The van der Waals surface area contributed by atoms with Crippen LogP contribution in [0.5, 0.6) is 0 Å². The summed E-state index contributed by atoms with van der Waals surface area (Å²) in [7, 11) is 0. The zero-order valence-corrected chi connectivity index (χ0v) is 20.0. The van der Waals surface area contributed by atoms with Gasteiger partial charge in [-0.05, 0) is 53.6 Å². The van der Waals surface area contributed by atoms with E-state index in [1.807, 2.05) is 109 Å². The molecule has 0 aliphatic carbocycles. The van der Waals surface area contributed by atoms with Gasteiger partial charge in [-0.1, -0.05) is 90.5 Å². The Bertz CT molecular complexity index is 1510. The molecule has 0 saturated carbocycles. The van der Waals surface area contributed by atoms with Crippen molar-refractivity contribution in [2.75, 3.05) is 9.80 Å². The number of carbonyl (C=O) groups is 2. The molecule has 4 aromatic rings. The van der Waals surface area contributed by atoms with E-state index in [-0.39, 0.29) is 11.8 Å². The van der Waals surface area contributed by atoms with E-state index in [1.165, 1.54) is 0 Å². The Hall–Kier alpha value is -4.41. The van der Waals surface area contributed by atoms with Gasteiger partial charge >= 0.3 is 0 Å². The second kappa shape index (κ2) is 8.99. The molecule has 0 fully saturated rings. The Balaban J connectivity index is 1.61. The van der Waals surface area contributed by atoms with E-state index in [0.29, 0.717) is 27.6 Å². The van der Waals surface area contributed by atoms with Gasteiger partial charge in [-0.15, -0.1) is 0 Å². The lowest BCUT2D eigenvalue weighted by atomic mass is 9.93. The second-order valence-corrected chi connectivity index (χ2v) is 9.11. The van der Waals surface area contributed by atoms with Crippen LogP contribution in [0, 0.1) is 0 Å². The normalized spacial score (nSPS) is 18.4. The minimum absolute atomic E-state index is 0.207. The minimum Gasteiger partial charge on any atom is -0.295 e. The summed E-state index contributed by atoms with van der Waals surface area (Å²) in [4.78, 5) is 31.5. The van der Waals surface area contributed by atoms with Gasteiger partial charge in [0.05, 0.1) is 6.04 Å². The Labute approximate surface area is 214 Å². The van der Waals surface area contributed by atoms with Crippen molar-refractivity contribution in [1.29, 1.82) is 0 Å². The summed E-state index contributed by atoms with van der Waals surface area (Å²) >= 11 is 6.10. The SMILES string of the molecule is O=C1C(=Cc2ccc(Cl)cc2)C2=C(C(=O)N(c3ccccc3)[C@H]2c2ccccc2)N1c1ccccc1. The molecule has 0 aromatic heterocycles. The number of hydrogen-bond acceptors (Lipinski definition) is 2. The van der Waals surface area contributed by atoms with Gasteiger partial charge in [0.2, 0.25) is 0 Å². The van der Waals surface area contributed by atoms with E-state index in [0.717, 1.165) is 16.8 Å². The predicted octanol–water partition coefficient (Wildman–Crippen LogP) is 6.81. The Morgan fingerprint density at radius 3 is 1.81 bits per heavy atom. The molecule has 2 amide bonds. The summed E-state index contributed by atoms with van der Waals surface area (Å²) in [6.07, 6.45) is 1.86. The molecule has 0 spiro atoms. The van der Waals surface area contributed by atoms with Crippen LogP contribution in [0.15, 0.2) is 132 Å². The highest BCUT2D eigenvalue weighted by Crippen LogP contribution is 2.50. The number of nitrogens with zero attached hydrogens (tertiary/aromatic N) is 2. The fourth-order valence-corrected chi connectivity index (χ4v) is 5.05. The largest absolute Gasteiger partial charge is 0.295 e. The first-order valence-electron chi connectivity index (χ1n) is 11.7. The van der Waals surface area contributed by atoms with Gasteiger partial charge < -0.3 is 0 Å². The fraction of sp³-hybridized carbons (Fsp3) is 0.0323. The van der Waals surface area contributed by atoms with Gasteiger partial charge in [-0.2, -0.15) is 0 Å². The average molecular weight is 489 g/mol. The van der Waals surface area contributed by atoms with Gasteiger partial charge in [0.1, 0.15) is 5.70 Å². The zero-order chi connectivity index (χ0) is 24.6. The summed E-state index contributed by atoms with van der Waals surface area (Å²) in [5.41, 5.74) is 4.80. The summed E-state index contributed by atoms with van der Waals surface area (Å²) in [5.74, 6) is -0.426. The summed E-state index contributed by atoms with van der Waals surface area (Å²) in [5, 5.41) is 0.620. The first-order valence-corrected chi connectivity index (χ1v) is 12.1. The van der Waals surface area contributed by atoms with Crippen LogP contribution in [0.2, 0.25) is 5.02 Å². The van der Waals surface area contributed by atoms with E-state index in [1.54, 1.807) is 21.9 Å². The van der Waals surface area contributed by atoms with Gasteiger partial charge in [0.25, 0.3) is 11.8 Å². The quantitative estimate of drug-likeness (QED) is 0.296. The third-order valence-electron chi connectivity index (χ3n) is 6.50. The van der Waals surface area contributed by atoms with Crippen molar-refractivity contribution < 1.29 is 9.59 Å². The molecule has 5 heteroatoms. The molecule has 4 nitrogen and oxygen atoms in total. The van der Waals surface area contributed by atoms with E-state index >= 15 is 0 Å². The summed E-state index contributed by atoms with van der Waals surface area (Å²) in [6.45, 7) is 0. The van der Waals surface area contributed by atoms with Gasteiger partial charge in [-0.25, -0.2) is 0 Å². The lowest BCUT2D eigenvalue weighted by Crippen LogP contribution is -2.38. The van der Waals surface area contributed by atoms with Crippen LogP contribution < -0.4 is 9.80 Å². The number of halogens is 1. The topological polar surface area (TPSA) is 40.6 Å². The number of amides is 2. The molecule has 0 N–H and O–H groups in total. The number of para-hydroxylation sites is 2. The molecule has 6 rings (SSSR count). The maximum absolute atomic E-state index is 14.2. The summed E-state index contributed by atoms with van der Waals surface area (Å²) in [6, 6.07) is 35.7. The molecular formula is C31H21ClN2O2. The number of benzene rings is 4. The van der Waals surface area contributed by atoms with Crippen LogP contribution in [-0.4, -0.2) is 11.8 Å². The molecule has 4 aromatic carbocycles. The van der Waals surface area contributed by atoms with E-state index < -0.39 is 6.04 Å². The van der Waals surface area contributed by atoms with Crippen molar-refractivity contribution in [2.45, 2.75) is 6.04 Å². The van der Waals surface area contributed by atoms with Gasteiger partial charge in [0, 0.05) is 27.5 Å². The van der Waals surface area contributed by atoms with E-state index in [4.69, 9.17) is 11.6 Å². The highest BCUT2D eigenvalue weighted by Gasteiger charge is 2.52. The van der Waals surface area contributed by atoms with Crippen molar-refractivity contribution in [2.24, 2.45) is 0 Å². The highest BCUT2D eigenvalue weighted by molar-refractivity contribution is 6.31. The lowest BCUT2D eigenvalue weighted by Gasteiger charge is -2.30. The molecule has 2 aliphatic heterocycles. The smallest absolute Gasteiger partial charge is 0.276 e. The van der Waals surface area contributed by atoms with Crippen LogP contribution in [0.1, 0.15) is 17.2 Å². The van der Waals surface area contributed by atoms with E-state index in [2.05, 4.69) is 0 Å². The molecule has 0 radical (unpaired) electrons. The Morgan fingerprint density at radius 1 is 0.639 bits per heavy atom. The molecular weight excluding hydrogens is 468 g/mol. The lowest BCUT2D eigenvalue weighted by molar-refractivity contribution is -0.118. The zero-order valence-electron chi connectivity index (χ0n) is 19.2. The van der Waals surface area contributed by atoms with Crippen molar-refractivity contribution in [3.8, 4) is 0 Å². The third kappa shape index (κ3) is 3.63. The van der Waals surface area contributed by atoms with Crippen LogP contribution >= 0.6 is 11.6 Å². The van der Waals surface area contributed by atoms with Crippen LogP contribution in [-0.2, 0) is 9.59 Å². The van der Waals surface area contributed by atoms with Gasteiger partial charge in [-0.3, -0.25) is 19.4 Å². The van der Waals surface area contributed by atoms with Crippen molar-refractivity contribution in [1.82, 2.24) is 0 Å². The Morgan fingerprint density at radius 2 is 1.19 bits per heavy atom.